The maximum atomic E-state index is 6.00. The van der Waals surface area contributed by atoms with Gasteiger partial charge in [0.15, 0.2) is 0 Å². The molecule has 3 radical (unpaired) electrons. The molecule has 0 aliphatic rings. The average molecular weight is 207 g/mol. The van der Waals surface area contributed by atoms with Gasteiger partial charge in [0.25, 0.3) is 0 Å². The molecule has 2 N–H and O–H groups in total. The van der Waals surface area contributed by atoms with Crippen molar-refractivity contribution in [2.75, 3.05) is 0 Å². The van der Waals surface area contributed by atoms with Gasteiger partial charge in [-0.1, -0.05) is 0 Å². The van der Waals surface area contributed by atoms with Crippen molar-refractivity contribution >= 4 is 0 Å². The van der Waals surface area contributed by atoms with Crippen LogP contribution in [-0.2, 0) is 50.6 Å². The monoisotopic (exact) mass is 207 g/mol. The molecule has 5 heteroatoms. The summed E-state index contributed by atoms with van der Waals surface area (Å²) in [5, 5.41) is 12.0. The van der Waals surface area contributed by atoms with Gasteiger partial charge >= 0.3 is 0 Å². The predicted octanol–water partition coefficient (Wildman–Crippen LogP) is 0.00990. The van der Waals surface area contributed by atoms with Gasteiger partial charge in [-0.2, -0.15) is 0 Å². The zero-order chi connectivity index (χ0) is 2.00. The number of hydrogen-bond donors (Lipinski definition) is 2. The molecule has 39 valence electrons. The summed E-state index contributed by atoms with van der Waals surface area (Å²) in [5.74, 6) is 0. The van der Waals surface area contributed by atoms with Crippen molar-refractivity contribution in [1.82, 2.24) is 0 Å². The van der Waals surface area contributed by atoms with Crippen LogP contribution in [0.1, 0.15) is 0 Å². The molecule has 2 nitrogen and oxygen atoms in total. The molecule has 0 unspecified atom stereocenters. The molecular weight excluding hydrogens is 205 g/mol. The fourth-order valence-electron chi connectivity index (χ4n) is 0. The van der Waals surface area contributed by atoms with E-state index < -0.39 is 0 Å². The molecule has 0 aliphatic carbocycles. The first-order valence-corrected chi connectivity index (χ1v) is 0.200. The molecule has 0 atom stereocenters. The van der Waals surface area contributed by atoms with Gasteiger partial charge in [0.2, 0.25) is 0 Å². The first-order chi connectivity index (χ1) is 1.00. The van der Waals surface area contributed by atoms with E-state index in [0.717, 1.165) is 0 Å². The summed E-state index contributed by atoms with van der Waals surface area (Å²) in [7, 11) is 0. The quantitative estimate of drug-likeness (QED) is 0.333. The first kappa shape index (κ1) is 31.9. The van der Waals surface area contributed by atoms with Gasteiger partial charge < -0.3 is 0 Å². The van der Waals surface area contributed by atoms with E-state index in [1.165, 1.54) is 0 Å². The third-order valence-corrected chi connectivity index (χ3v) is 0. The Balaban J connectivity index is -0.00000000167. The van der Waals surface area contributed by atoms with Crippen LogP contribution < -0.4 is 0 Å². The van der Waals surface area contributed by atoms with Crippen molar-refractivity contribution in [3.05, 3.63) is 0 Å². The Hall–Kier alpha value is 1.45. The fourth-order valence-corrected chi connectivity index (χ4v) is 0. The molecule has 0 spiro atoms. The van der Waals surface area contributed by atoms with E-state index in [9.17, 15) is 0 Å². The molecule has 0 aromatic carbocycles. The fraction of sp³-hybridized carbons (Fsp3) is 0. The Morgan fingerprint density at radius 1 is 0.800 bits per heavy atom. The van der Waals surface area contributed by atoms with E-state index in [2.05, 4.69) is 0 Å². The summed E-state index contributed by atoms with van der Waals surface area (Å²) in [6, 6.07) is 0. The smallest absolute Gasteiger partial charge is 0 e. The Labute approximate surface area is 61.1 Å². The van der Waals surface area contributed by atoms with Crippen molar-refractivity contribution in [2.45, 2.75) is 0 Å². The number of hydrogen-bond acceptors (Lipinski definition) is 2. The molecule has 0 aromatic rings. The Morgan fingerprint density at radius 2 is 0.800 bits per heavy atom. The molecule has 0 aliphatic heterocycles. The molecule has 0 bridgehead atoms. The van der Waals surface area contributed by atoms with E-state index in [4.69, 9.17) is 10.5 Å². The van der Waals surface area contributed by atoms with E-state index in [0.29, 0.717) is 0 Å². The zero-order valence-electron chi connectivity index (χ0n) is 1.94. The Bertz CT molecular complexity index is 7.61. The topological polar surface area (TPSA) is 40.5 Å². The third-order valence-electron chi connectivity index (χ3n) is 0. The molecule has 5 heavy (non-hydrogen) atoms. The zero-order valence-corrected chi connectivity index (χ0v) is 5.20. The van der Waals surface area contributed by atoms with Crippen LogP contribution in [0.4, 0.5) is 0 Å². The van der Waals surface area contributed by atoms with Gasteiger partial charge in [-0.05, 0) is 0 Å². The summed E-state index contributed by atoms with van der Waals surface area (Å²) in [4.78, 5) is 0. The average Bonchev–Trinajstić information content (AvgIpc) is 1.00. The van der Waals surface area contributed by atoms with Crippen LogP contribution in [0.15, 0.2) is 0 Å². The maximum Gasteiger partial charge on any atom is 0 e. The van der Waals surface area contributed by atoms with Crippen LogP contribution in [0.2, 0.25) is 0 Å². The van der Waals surface area contributed by atoms with Crippen molar-refractivity contribution in [2.24, 2.45) is 0 Å². The minimum atomic E-state index is 0. The number of rotatable bonds is 0. The summed E-state index contributed by atoms with van der Waals surface area (Å²) >= 11 is 0. The molecule has 0 heterocycles. The van der Waals surface area contributed by atoms with E-state index >= 15 is 0 Å². The SMILES string of the molecule is OO.[Co].[Co].[Mn]. The minimum absolute atomic E-state index is 0. The maximum absolute atomic E-state index is 6.00. The van der Waals surface area contributed by atoms with Gasteiger partial charge in [-0.3, -0.25) is 10.5 Å². The van der Waals surface area contributed by atoms with Gasteiger partial charge in [-0.15, -0.1) is 0 Å². The Kier molecular flexibility index (Phi) is 327. The summed E-state index contributed by atoms with van der Waals surface area (Å²) in [6.45, 7) is 0. The largest absolute Gasteiger partial charge is 0.255 e. The molecular formula is H2Co2MnO2. The summed E-state index contributed by atoms with van der Waals surface area (Å²) < 4.78 is 0. The molecule has 0 aromatic heterocycles. The normalized spacial score (nSPS) is 1.20. The Morgan fingerprint density at radius 3 is 0.800 bits per heavy atom. The van der Waals surface area contributed by atoms with Crippen LogP contribution in [0, 0.1) is 0 Å². The second kappa shape index (κ2) is 51.2. The van der Waals surface area contributed by atoms with Crippen molar-refractivity contribution in [3.63, 3.8) is 0 Å². The third kappa shape index (κ3) is 30.8. The summed E-state index contributed by atoms with van der Waals surface area (Å²) in [6.07, 6.45) is 0. The minimum Gasteiger partial charge on any atom is -0.255 e. The van der Waals surface area contributed by atoms with Gasteiger partial charge in [0.1, 0.15) is 0 Å². The van der Waals surface area contributed by atoms with Crippen molar-refractivity contribution in [1.29, 1.82) is 0 Å². The van der Waals surface area contributed by atoms with E-state index in [1.807, 2.05) is 0 Å². The molecule has 0 amide bonds. The predicted molar refractivity (Wildman–Crippen MR) is 5.26 cm³/mol. The van der Waals surface area contributed by atoms with Crippen LogP contribution in [-0.4, -0.2) is 10.5 Å². The molecule has 0 rings (SSSR count). The van der Waals surface area contributed by atoms with Gasteiger partial charge in [0, 0.05) is 50.6 Å². The van der Waals surface area contributed by atoms with Crippen molar-refractivity contribution < 1.29 is 61.1 Å². The van der Waals surface area contributed by atoms with Gasteiger partial charge in [0.05, 0.1) is 0 Å². The second-order valence-corrected chi connectivity index (χ2v) is 0. The van der Waals surface area contributed by atoms with Crippen LogP contribution in [0.3, 0.4) is 0 Å². The van der Waals surface area contributed by atoms with E-state index in [1.54, 1.807) is 0 Å². The van der Waals surface area contributed by atoms with Crippen LogP contribution in [0.5, 0.6) is 0 Å². The molecule has 0 fully saturated rings. The standard InChI is InChI=1S/2Co.Mn.H2O2/c;;;1-2/h;;;1-2H. The molecule has 0 saturated heterocycles. The second-order valence-electron chi connectivity index (χ2n) is 0. The van der Waals surface area contributed by atoms with Crippen molar-refractivity contribution in [3.8, 4) is 0 Å². The van der Waals surface area contributed by atoms with E-state index in [-0.39, 0.29) is 50.6 Å². The van der Waals surface area contributed by atoms with Crippen LogP contribution >= 0.6 is 0 Å². The van der Waals surface area contributed by atoms with Crippen LogP contribution in [0.25, 0.3) is 0 Å². The van der Waals surface area contributed by atoms with Gasteiger partial charge in [-0.25, -0.2) is 0 Å². The summed E-state index contributed by atoms with van der Waals surface area (Å²) in [5.41, 5.74) is 0. The first-order valence-electron chi connectivity index (χ1n) is 0.200. The molecule has 0 saturated carbocycles.